The summed E-state index contributed by atoms with van der Waals surface area (Å²) in [6.45, 7) is 0.829. The van der Waals surface area contributed by atoms with E-state index in [0.717, 1.165) is 0 Å². The van der Waals surface area contributed by atoms with Crippen LogP contribution in [0.25, 0.3) is 10.9 Å². The van der Waals surface area contributed by atoms with Crippen molar-refractivity contribution in [1.82, 2.24) is 9.55 Å². The monoisotopic (exact) mass is 374 g/mol. The van der Waals surface area contributed by atoms with E-state index in [0.29, 0.717) is 29.6 Å². The van der Waals surface area contributed by atoms with Gasteiger partial charge in [-0.25, -0.2) is 9.37 Å². The number of hydrogen-bond donors (Lipinski definition) is 1. The lowest BCUT2D eigenvalue weighted by molar-refractivity contribution is -0.384. The minimum Gasteiger partial charge on any atom is -0.364 e. The van der Waals surface area contributed by atoms with E-state index in [1.807, 2.05) is 0 Å². The number of nitrogens with zero attached hydrogens (tertiary/aromatic N) is 3. The standard InChI is InChI=1S/C17H12ClFN4O3/c18-15-10(5-9-1-2-12(19)8-13(9)21-15)6-11-7-14(23(25)26)16-20-3-4-22(16)17(11)24/h1-2,5,7-8,20H,3-4,6H2. The Morgan fingerprint density at radius 1 is 1.31 bits per heavy atom. The number of benzene rings is 1. The van der Waals surface area contributed by atoms with Crippen LogP contribution in [-0.4, -0.2) is 21.0 Å². The average Bonchev–Trinajstić information content (AvgIpc) is 3.07. The Morgan fingerprint density at radius 3 is 2.88 bits per heavy atom. The van der Waals surface area contributed by atoms with Crippen molar-refractivity contribution in [3.63, 3.8) is 0 Å². The lowest BCUT2D eigenvalue weighted by Gasteiger charge is -2.09. The summed E-state index contributed by atoms with van der Waals surface area (Å²) in [6.07, 6.45) is 0.0963. The number of hydrogen-bond acceptors (Lipinski definition) is 5. The average molecular weight is 375 g/mol. The third-order valence-electron chi connectivity index (χ3n) is 4.35. The van der Waals surface area contributed by atoms with Gasteiger partial charge in [0.1, 0.15) is 11.0 Å². The van der Waals surface area contributed by atoms with Gasteiger partial charge < -0.3 is 5.32 Å². The van der Waals surface area contributed by atoms with E-state index < -0.39 is 10.7 Å². The lowest BCUT2D eigenvalue weighted by Crippen LogP contribution is -2.23. The van der Waals surface area contributed by atoms with Crippen molar-refractivity contribution in [2.45, 2.75) is 13.0 Å². The van der Waals surface area contributed by atoms with E-state index in [4.69, 9.17) is 11.6 Å². The molecule has 132 valence electrons. The van der Waals surface area contributed by atoms with E-state index >= 15 is 0 Å². The molecule has 7 nitrogen and oxygen atoms in total. The molecular weight excluding hydrogens is 363 g/mol. The Balaban J connectivity index is 1.83. The summed E-state index contributed by atoms with van der Waals surface area (Å²) in [7, 11) is 0. The minimum atomic E-state index is -0.518. The van der Waals surface area contributed by atoms with E-state index in [-0.39, 0.29) is 34.2 Å². The highest BCUT2D eigenvalue weighted by atomic mass is 35.5. The molecule has 0 bridgehead atoms. The number of halogens is 2. The van der Waals surface area contributed by atoms with Crippen molar-refractivity contribution in [2.24, 2.45) is 0 Å². The van der Waals surface area contributed by atoms with Gasteiger partial charge in [0.25, 0.3) is 5.56 Å². The summed E-state index contributed by atoms with van der Waals surface area (Å²) >= 11 is 6.19. The molecule has 26 heavy (non-hydrogen) atoms. The molecule has 1 aliphatic heterocycles. The van der Waals surface area contributed by atoms with Crippen molar-refractivity contribution in [3.05, 3.63) is 72.9 Å². The van der Waals surface area contributed by atoms with E-state index in [1.165, 1.54) is 22.8 Å². The normalized spacial score (nSPS) is 12.8. The molecule has 0 spiro atoms. The van der Waals surface area contributed by atoms with Crippen LogP contribution in [0.2, 0.25) is 5.15 Å². The number of nitrogens with one attached hydrogen (secondary N) is 1. The summed E-state index contributed by atoms with van der Waals surface area (Å²) in [5.41, 5.74) is 0.757. The second-order valence-electron chi connectivity index (χ2n) is 6.00. The summed E-state index contributed by atoms with van der Waals surface area (Å²) < 4.78 is 14.7. The molecule has 0 saturated carbocycles. The second kappa shape index (κ2) is 6.06. The van der Waals surface area contributed by atoms with Gasteiger partial charge in [0.05, 0.1) is 10.4 Å². The Labute approximate surface area is 151 Å². The number of anilines is 1. The molecule has 0 fully saturated rings. The largest absolute Gasteiger partial charge is 0.364 e. The minimum absolute atomic E-state index is 0.0963. The zero-order chi connectivity index (χ0) is 18.4. The number of nitro groups is 1. The maximum atomic E-state index is 13.3. The topological polar surface area (TPSA) is 90.1 Å². The summed E-state index contributed by atoms with van der Waals surface area (Å²) in [4.78, 5) is 27.6. The van der Waals surface area contributed by atoms with Gasteiger partial charge in [-0.3, -0.25) is 19.5 Å². The molecule has 0 aliphatic carbocycles. The molecule has 0 amide bonds. The van der Waals surface area contributed by atoms with Crippen molar-refractivity contribution >= 4 is 34.0 Å². The van der Waals surface area contributed by atoms with Crippen LogP contribution in [0.3, 0.4) is 0 Å². The summed E-state index contributed by atoms with van der Waals surface area (Å²) in [5, 5.41) is 15.0. The van der Waals surface area contributed by atoms with Gasteiger partial charge in [0.15, 0.2) is 5.82 Å². The van der Waals surface area contributed by atoms with Crippen LogP contribution in [0.4, 0.5) is 15.9 Å². The van der Waals surface area contributed by atoms with Crippen LogP contribution in [0.15, 0.2) is 35.1 Å². The van der Waals surface area contributed by atoms with Gasteiger partial charge in [-0.15, -0.1) is 0 Å². The first-order valence-corrected chi connectivity index (χ1v) is 8.21. The number of aromatic nitrogens is 2. The molecule has 0 radical (unpaired) electrons. The third-order valence-corrected chi connectivity index (χ3v) is 4.68. The molecule has 1 N–H and O–H groups in total. The maximum absolute atomic E-state index is 13.3. The predicted octanol–water partition coefficient (Wildman–Crippen LogP) is 3.11. The summed E-state index contributed by atoms with van der Waals surface area (Å²) in [6, 6.07) is 7.14. The Morgan fingerprint density at radius 2 is 2.12 bits per heavy atom. The van der Waals surface area contributed by atoms with Crippen molar-refractivity contribution in [3.8, 4) is 0 Å². The van der Waals surface area contributed by atoms with Crippen LogP contribution >= 0.6 is 11.6 Å². The first-order valence-electron chi connectivity index (χ1n) is 7.83. The fourth-order valence-electron chi connectivity index (χ4n) is 3.15. The van der Waals surface area contributed by atoms with Gasteiger partial charge in [0.2, 0.25) is 0 Å². The molecule has 9 heteroatoms. The van der Waals surface area contributed by atoms with E-state index in [1.54, 1.807) is 12.1 Å². The van der Waals surface area contributed by atoms with Crippen molar-refractivity contribution in [2.75, 3.05) is 11.9 Å². The first-order chi connectivity index (χ1) is 12.4. The van der Waals surface area contributed by atoms with Gasteiger partial charge in [-0.1, -0.05) is 11.6 Å². The van der Waals surface area contributed by atoms with Crippen LogP contribution < -0.4 is 10.9 Å². The molecule has 2 aromatic heterocycles. The zero-order valence-corrected chi connectivity index (χ0v) is 14.1. The lowest BCUT2D eigenvalue weighted by atomic mass is 10.1. The smallest absolute Gasteiger partial charge is 0.310 e. The van der Waals surface area contributed by atoms with Crippen LogP contribution in [0, 0.1) is 15.9 Å². The molecule has 3 aromatic rings. The molecule has 1 aliphatic rings. The molecule has 0 saturated heterocycles. The van der Waals surface area contributed by atoms with Gasteiger partial charge in [-0.2, -0.15) is 0 Å². The highest BCUT2D eigenvalue weighted by Crippen LogP contribution is 2.28. The fourth-order valence-corrected chi connectivity index (χ4v) is 3.36. The zero-order valence-electron chi connectivity index (χ0n) is 13.3. The SMILES string of the molecule is O=c1c(Cc2cc3ccc(F)cc3nc2Cl)cc([N+](=O)[O-])c2n1CCN2. The van der Waals surface area contributed by atoms with Crippen LogP contribution in [0.1, 0.15) is 11.1 Å². The van der Waals surface area contributed by atoms with Crippen LogP contribution in [0.5, 0.6) is 0 Å². The van der Waals surface area contributed by atoms with E-state index in [2.05, 4.69) is 10.3 Å². The summed E-state index contributed by atoms with van der Waals surface area (Å²) in [5.74, 6) is -0.198. The molecule has 0 unspecified atom stereocenters. The Hall–Kier alpha value is -3.00. The second-order valence-corrected chi connectivity index (χ2v) is 6.35. The maximum Gasteiger partial charge on any atom is 0.310 e. The first kappa shape index (κ1) is 16.5. The molecule has 4 rings (SSSR count). The van der Waals surface area contributed by atoms with Crippen LogP contribution in [-0.2, 0) is 13.0 Å². The van der Waals surface area contributed by atoms with Gasteiger partial charge >= 0.3 is 5.69 Å². The molecule has 3 heterocycles. The number of rotatable bonds is 3. The number of pyridine rings is 2. The molecule has 0 atom stereocenters. The number of fused-ring (bicyclic) bond motifs is 2. The fraction of sp³-hybridized carbons (Fsp3) is 0.176. The Bertz CT molecular complexity index is 1130. The Kier molecular flexibility index (Phi) is 3.84. The van der Waals surface area contributed by atoms with Gasteiger partial charge in [-0.05, 0) is 23.8 Å². The van der Waals surface area contributed by atoms with E-state index in [9.17, 15) is 19.3 Å². The third kappa shape index (κ3) is 2.68. The van der Waals surface area contributed by atoms with Crippen molar-refractivity contribution < 1.29 is 9.31 Å². The highest BCUT2D eigenvalue weighted by molar-refractivity contribution is 6.30. The highest BCUT2D eigenvalue weighted by Gasteiger charge is 2.26. The molecular formula is C17H12ClFN4O3. The van der Waals surface area contributed by atoms with Crippen molar-refractivity contribution in [1.29, 1.82) is 0 Å². The quantitative estimate of drug-likeness (QED) is 0.432. The molecule has 1 aromatic carbocycles. The predicted molar refractivity (Wildman–Crippen MR) is 95.4 cm³/mol. The van der Waals surface area contributed by atoms with Gasteiger partial charge in [0, 0.05) is 42.6 Å².